The Hall–Kier alpha value is -0.0400. The van der Waals surface area contributed by atoms with Crippen LogP contribution in [0.4, 0.5) is 0 Å². The van der Waals surface area contributed by atoms with Crippen molar-refractivity contribution in [2.75, 3.05) is 20.1 Å². The topological polar surface area (TPSA) is 3.24 Å². The molecule has 0 N–H and O–H groups in total. The molecule has 16 heavy (non-hydrogen) atoms. The van der Waals surface area contributed by atoms with E-state index in [9.17, 15) is 0 Å². The largest absolute Gasteiger partial charge is 0.306 e. The molecule has 1 fully saturated rings. The minimum Gasteiger partial charge on any atom is -0.306 e. The zero-order chi connectivity index (χ0) is 13.4. The van der Waals surface area contributed by atoms with Crippen molar-refractivity contribution in [3.63, 3.8) is 0 Å². The molecular formula is C15H37N. The maximum atomic E-state index is 2.40. The first-order valence-electron chi connectivity index (χ1n) is 7.30. The second-order valence-electron chi connectivity index (χ2n) is 4.40. The Balaban J connectivity index is -0.000000179. The maximum absolute atomic E-state index is 2.40. The molecule has 0 saturated carbocycles. The van der Waals surface area contributed by atoms with E-state index < -0.39 is 0 Å². The van der Waals surface area contributed by atoms with Crippen LogP contribution in [-0.2, 0) is 0 Å². The van der Waals surface area contributed by atoms with Gasteiger partial charge in [-0.25, -0.2) is 0 Å². The molecule has 0 aromatic heterocycles. The number of nitrogens with zero attached hydrogens (tertiary/aromatic N) is 1. The first kappa shape index (κ1) is 21.3. The SMILES string of the molecule is CC.CC1CCN(C)CC1.CCC.CCC. The molecular weight excluding hydrogens is 194 g/mol. The van der Waals surface area contributed by atoms with E-state index in [1.165, 1.54) is 38.8 Å². The summed E-state index contributed by atoms with van der Waals surface area (Å²) in [6.45, 7) is 17.5. The number of likely N-dealkylation sites (tertiary alicyclic amines) is 1. The highest BCUT2D eigenvalue weighted by Crippen LogP contribution is 2.13. The van der Waals surface area contributed by atoms with E-state index in [2.05, 4.69) is 46.6 Å². The summed E-state index contributed by atoms with van der Waals surface area (Å²) in [7, 11) is 2.20. The van der Waals surface area contributed by atoms with Gasteiger partial charge in [-0.15, -0.1) is 0 Å². The van der Waals surface area contributed by atoms with E-state index in [4.69, 9.17) is 0 Å². The Morgan fingerprint density at radius 2 is 1.12 bits per heavy atom. The Morgan fingerprint density at radius 1 is 0.875 bits per heavy atom. The van der Waals surface area contributed by atoms with Crippen molar-refractivity contribution < 1.29 is 0 Å². The summed E-state index contributed by atoms with van der Waals surface area (Å²) < 4.78 is 0. The lowest BCUT2D eigenvalue weighted by atomic mass is 10.00. The molecule has 1 aliphatic heterocycles. The van der Waals surface area contributed by atoms with Crippen molar-refractivity contribution in [3.8, 4) is 0 Å². The Bertz CT molecular complexity index is 71.4. The van der Waals surface area contributed by atoms with Crippen LogP contribution in [0.3, 0.4) is 0 Å². The van der Waals surface area contributed by atoms with Gasteiger partial charge in [0.15, 0.2) is 0 Å². The summed E-state index contributed by atoms with van der Waals surface area (Å²) >= 11 is 0. The third-order valence-corrected chi connectivity index (χ3v) is 2.01. The molecule has 0 radical (unpaired) electrons. The van der Waals surface area contributed by atoms with E-state index in [0.29, 0.717) is 0 Å². The van der Waals surface area contributed by atoms with Gasteiger partial charge in [-0.1, -0.05) is 61.3 Å². The Labute approximate surface area is 106 Å². The van der Waals surface area contributed by atoms with Crippen molar-refractivity contribution in [2.45, 2.75) is 74.1 Å². The zero-order valence-electron chi connectivity index (χ0n) is 13.3. The van der Waals surface area contributed by atoms with Gasteiger partial charge < -0.3 is 4.90 Å². The average molecular weight is 231 g/mol. The van der Waals surface area contributed by atoms with Crippen molar-refractivity contribution in [1.29, 1.82) is 0 Å². The third-order valence-electron chi connectivity index (χ3n) is 2.01. The molecule has 1 heteroatoms. The van der Waals surface area contributed by atoms with Crippen LogP contribution >= 0.6 is 0 Å². The first-order chi connectivity index (χ1) is 7.62. The summed E-state index contributed by atoms with van der Waals surface area (Å²) in [5, 5.41) is 0. The van der Waals surface area contributed by atoms with Gasteiger partial charge in [0.1, 0.15) is 0 Å². The fourth-order valence-electron chi connectivity index (χ4n) is 1.14. The van der Waals surface area contributed by atoms with Gasteiger partial charge in [0, 0.05) is 0 Å². The monoisotopic (exact) mass is 231 g/mol. The molecule has 0 unspecified atom stereocenters. The van der Waals surface area contributed by atoms with Crippen LogP contribution in [-0.4, -0.2) is 25.0 Å². The molecule has 0 aromatic rings. The van der Waals surface area contributed by atoms with Gasteiger partial charge >= 0.3 is 0 Å². The quantitative estimate of drug-likeness (QED) is 0.553. The summed E-state index contributed by atoms with van der Waals surface area (Å²) in [6.07, 6.45) is 5.30. The Kier molecular flexibility index (Phi) is 27.1. The van der Waals surface area contributed by atoms with Crippen LogP contribution in [0.2, 0.25) is 0 Å². The first-order valence-corrected chi connectivity index (χ1v) is 7.30. The van der Waals surface area contributed by atoms with Crippen molar-refractivity contribution in [1.82, 2.24) is 4.90 Å². The summed E-state index contributed by atoms with van der Waals surface area (Å²) in [4.78, 5) is 2.40. The summed E-state index contributed by atoms with van der Waals surface area (Å²) in [5.41, 5.74) is 0. The predicted octanol–water partition coefficient (Wildman–Crippen LogP) is 5.21. The van der Waals surface area contributed by atoms with Gasteiger partial charge in [0.2, 0.25) is 0 Å². The lowest BCUT2D eigenvalue weighted by molar-refractivity contribution is 0.230. The van der Waals surface area contributed by atoms with E-state index in [-0.39, 0.29) is 0 Å². The minimum atomic E-state index is 0.978. The standard InChI is InChI=1S/C7H15N.2C3H8.C2H6/c1-7-3-5-8(2)6-4-7;2*1-3-2;1-2/h7H,3-6H2,1-2H3;2*3H2,1-2H3;1-2H3. The van der Waals surface area contributed by atoms with E-state index in [0.717, 1.165) is 5.92 Å². The molecule has 1 heterocycles. The second-order valence-corrected chi connectivity index (χ2v) is 4.40. The van der Waals surface area contributed by atoms with Gasteiger partial charge in [0.25, 0.3) is 0 Å². The molecule has 0 atom stereocenters. The van der Waals surface area contributed by atoms with Crippen LogP contribution in [0.25, 0.3) is 0 Å². The van der Waals surface area contributed by atoms with Crippen LogP contribution in [0, 0.1) is 5.92 Å². The Morgan fingerprint density at radius 3 is 1.31 bits per heavy atom. The van der Waals surface area contributed by atoms with E-state index in [1.54, 1.807) is 0 Å². The van der Waals surface area contributed by atoms with Crippen molar-refractivity contribution in [2.24, 2.45) is 5.92 Å². The normalized spacial score (nSPS) is 15.8. The third kappa shape index (κ3) is 23.6. The maximum Gasteiger partial charge on any atom is -0.00192 e. The summed E-state index contributed by atoms with van der Waals surface area (Å²) in [6, 6.07) is 0. The molecule has 0 spiro atoms. The smallest absolute Gasteiger partial charge is 0.00192 e. The zero-order valence-corrected chi connectivity index (χ0v) is 13.3. The number of hydrogen-bond acceptors (Lipinski definition) is 1. The molecule has 0 bridgehead atoms. The van der Waals surface area contributed by atoms with Crippen LogP contribution in [0.15, 0.2) is 0 Å². The average Bonchev–Trinajstić information content (AvgIpc) is 2.28. The van der Waals surface area contributed by atoms with Gasteiger partial charge in [-0.2, -0.15) is 0 Å². The lowest BCUT2D eigenvalue weighted by Crippen LogP contribution is -2.28. The van der Waals surface area contributed by atoms with Gasteiger partial charge in [-0.3, -0.25) is 0 Å². The highest BCUT2D eigenvalue weighted by molar-refractivity contribution is 4.65. The molecule has 102 valence electrons. The number of piperidine rings is 1. The van der Waals surface area contributed by atoms with Crippen LogP contribution in [0.1, 0.15) is 74.1 Å². The molecule has 0 amide bonds. The van der Waals surface area contributed by atoms with Gasteiger partial charge in [-0.05, 0) is 38.9 Å². The molecule has 1 saturated heterocycles. The van der Waals surface area contributed by atoms with Crippen LogP contribution in [0.5, 0.6) is 0 Å². The fourth-order valence-corrected chi connectivity index (χ4v) is 1.14. The molecule has 0 aliphatic carbocycles. The molecule has 0 aromatic carbocycles. The predicted molar refractivity (Wildman–Crippen MR) is 79.2 cm³/mol. The lowest BCUT2D eigenvalue weighted by Gasteiger charge is -2.26. The number of rotatable bonds is 0. The minimum absolute atomic E-state index is 0.978. The highest BCUT2D eigenvalue weighted by atomic mass is 15.1. The highest BCUT2D eigenvalue weighted by Gasteiger charge is 2.10. The van der Waals surface area contributed by atoms with Crippen molar-refractivity contribution >= 4 is 0 Å². The van der Waals surface area contributed by atoms with Crippen molar-refractivity contribution in [3.05, 3.63) is 0 Å². The molecule has 1 rings (SSSR count). The van der Waals surface area contributed by atoms with E-state index >= 15 is 0 Å². The van der Waals surface area contributed by atoms with Crippen LogP contribution < -0.4 is 0 Å². The molecule has 1 aliphatic rings. The summed E-state index contributed by atoms with van der Waals surface area (Å²) in [5.74, 6) is 0.978. The van der Waals surface area contributed by atoms with Gasteiger partial charge in [0.05, 0.1) is 0 Å². The molecule has 1 nitrogen and oxygen atoms in total. The number of hydrogen-bond donors (Lipinski definition) is 0. The second kappa shape index (κ2) is 20.4. The van der Waals surface area contributed by atoms with E-state index in [1.807, 2.05) is 13.8 Å². The fraction of sp³-hybridized carbons (Fsp3) is 1.00.